The maximum atomic E-state index is 13.3. The maximum Gasteiger partial charge on any atom is 0.326 e. The molecule has 1 N–H and O–H groups in total. The summed E-state index contributed by atoms with van der Waals surface area (Å²) in [6.07, 6.45) is 0.946. The van der Waals surface area contributed by atoms with Crippen molar-refractivity contribution in [2.45, 2.75) is 58.5 Å². The van der Waals surface area contributed by atoms with Crippen LogP contribution in [0.1, 0.15) is 57.7 Å². The second-order valence-corrected chi connectivity index (χ2v) is 9.30. The molecule has 2 aromatic rings. The van der Waals surface area contributed by atoms with Crippen molar-refractivity contribution < 1.29 is 9.59 Å². The third-order valence-electron chi connectivity index (χ3n) is 5.73. The molecule has 3 amide bonds. The number of carbonyl (C=O) groups excluding carboxylic acids is 2. The van der Waals surface area contributed by atoms with Crippen LogP contribution in [0.2, 0.25) is 0 Å². The Morgan fingerprint density at radius 3 is 2.20 bits per heavy atom. The minimum absolute atomic E-state index is 0.0342. The van der Waals surface area contributed by atoms with Crippen LogP contribution in [0, 0.1) is 0 Å². The summed E-state index contributed by atoms with van der Waals surface area (Å²) in [7, 11) is 0. The van der Waals surface area contributed by atoms with Gasteiger partial charge in [-0.15, -0.1) is 0 Å². The molecule has 1 heterocycles. The summed E-state index contributed by atoms with van der Waals surface area (Å²) in [5.41, 5.74) is 2.16. The van der Waals surface area contributed by atoms with Crippen LogP contribution in [0.3, 0.4) is 0 Å². The standard InChI is InChI=1S/C25H33N3O2/c1-6-16-27(17-19-10-8-7-9-11-19)18-28-22(29)25(5,26-23(28)30)21-14-12-20(13-15-21)24(2,3)4/h7-15H,6,16-18H2,1-5H3,(H,26,30). The highest BCUT2D eigenvalue weighted by Gasteiger charge is 2.49. The lowest BCUT2D eigenvalue weighted by Gasteiger charge is -2.27. The van der Waals surface area contributed by atoms with Crippen LogP contribution >= 0.6 is 0 Å². The first kappa shape index (κ1) is 22.0. The molecule has 1 fully saturated rings. The number of amides is 3. The number of carbonyl (C=O) groups is 2. The van der Waals surface area contributed by atoms with Crippen LogP contribution in [-0.4, -0.2) is 35.0 Å². The van der Waals surface area contributed by atoms with Gasteiger partial charge in [-0.3, -0.25) is 9.69 Å². The first-order valence-corrected chi connectivity index (χ1v) is 10.7. The largest absolute Gasteiger partial charge is 0.326 e. The fourth-order valence-corrected chi connectivity index (χ4v) is 3.88. The molecule has 1 aliphatic rings. The lowest BCUT2D eigenvalue weighted by atomic mass is 9.84. The van der Waals surface area contributed by atoms with E-state index in [2.05, 4.69) is 50.0 Å². The summed E-state index contributed by atoms with van der Waals surface area (Å²) in [5, 5.41) is 2.93. The number of imide groups is 1. The van der Waals surface area contributed by atoms with E-state index in [9.17, 15) is 9.59 Å². The van der Waals surface area contributed by atoms with Crippen molar-refractivity contribution in [1.29, 1.82) is 0 Å². The van der Waals surface area contributed by atoms with Gasteiger partial charge < -0.3 is 5.32 Å². The quantitative estimate of drug-likeness (QED) is 0.682. The van der Waals surface area contributed by atoms with Crippen molar-refractivity contribution in [3.63, 3.8) is 0 Å². The SMILES string of the molecule is CCCN(Cc1ccccc1)CN1C(=O)NC(C)(c2ccc(C(C)(C)C)cc2)C1=O. The van der Waals surface area contributed by atoms with Gasteiger partial charge in [0.05, 0.1) is 6.67 Å². The summed E-state index contributed by atoms with van der Waals surface area (Å²) < 4.78 is 0. The van der Waals surface area contributed by atoms with Crippen LogP contribution in [0.15, 0.2) is 54.6 Å². The minimum Gasteiger partial charge on any atom is -0.319 e. The molecule has 1 unspecified atom stereocenters. The molecule has 0 aliphatic carbocycles. The van der Waals surface area contributed by atoms with E-state index in [1.54, 1.807) is 6.92 Å². The molecule has 1 saturated heterocycles. The Kier molecular flexibility index (Phi) is 6.32. The predicted octanol–water partition coefficient (Wildman–Crippen LogP) is 4.62. The molecule has 0 radical (unpaired) electrons. The van der Waals surface area contributed by atoms with Crippen LogP contribution < -0.4 is 5.32 Å². The molecule has 0 aromatic heterocycles. The van der Waals surface area contributed by atoms with Crippen molar-refractivity contribution >= 4 is 11.9 Å². The molecule has 160 valence electrons. The van der Waals surface area contributed by atoms with Gasteiger partial charge in [0.15, 0.2) is 0 Å². The van der Waals surface area contributed by atoms with Gasteiger partial charge in [-0.1, -0.05) is 82.3 Å². The van der Waals surface area contributed by atoms with E-state index in [-0.39, 0.29) is 24.0 Å². The van der Waals surface area contributed by atoms with Gasteiger partial charge >= 0.3 is 6.03 Å². The zero-order valence-electron chi connectivity index (χ0n) is 18.7. The molecule has 0 saturated carbocycles. The smallest absolute Gasteiger partial charge is 0.319 e. The van der Waals surface area contributed by atoms with E-state index in [1.807, 2.05) is 42.5 Å². The summed E-state index contributed by atoms with van der Waals surface area (Å²) >= 11 is 0. The van der Waals surface area contributed by atoms with Crippen LogP contribution in [0.25, 0.3) is 0 Å². The topological polar surface area (TPSA) is 52.6 Å². The third kappa shape index (κ3) is 4.57. The van der Waals surface area contributed by atoms with E-state index in [0.717, 1.165) is 18.5 Å². The van der Waals surface area contributed by atoms with E-state index >= 15 is 0 Å². The Morgan fingerprint density at radius 2 is 1.63 bits per heavy atom. The summed E-state index contributed by atoms with van der Waals surface area (Å²) in [5.74, 6) is -0.204. The monoisotopic (exact) mass is 407 g/mol. The van der Waals surface area contributed by atoms with Gasteiger partial charge in [0.1, 0.15) is 5.54 Å². The third-order valence-corrected chi connectivity index (χ3v) is 5.73. The van der Waals surface area contributed by atoms with E-state index in [0.29, 0.717) is 6.54 Å². The first-order chi connectivity index (χ1) is 14.1. The Hall–Kier alpha value is -2.66. The molecule has 5 nitrogen and oxygen atoms in total. The summed E-state index contributed by atoms with van der Waals surface area (Å²) in [6.45, 7) is 12.1. The number of rotatable bonds is 7. The van der Waals surface area contributed by atoms with Gasteiger partial charge in [0.2, 0.25) is 0 Å². The highest BCUT2D eigenvalue weighted by Crippen LogP contribution is 2.31. The van der Waals surface area contributed by atoms with Crippen molar-refractivity contribution in [3.8, 4) is 0 Å². The molecule has 1 atom stereocenters. The summed E-state index contributed by atoms with van der Waals surface area (Å²) in [6, 6.07) is 17.8. The number of nitrogens with one attached hydrogen (secondary N) is 1. The number of benzene rings is 2. The Bertz CT molecular complexity index is 887. The predicted molar refractivity (Wildman–Crippen MR) is 120 cm³/mol. The van der Waals surface area contributed by atoms with Crippen molar-refractivity contribution in [2.75, 3.05) is 13.2 Å². The summed E-state index contributed by atoms with van der Waals surface area (Å²) in [4.78, 5) is 29.6. The second-order valence-electron chi connectivity index (χ2n) is 9.30. The normalized spacial score (nSPS) is 19.5. The Labute approximate surface area is 180 Å². The average molecular weight is 408 g/mol. The molecule has 30 heavy (non-hydrogen) atoms. The molecule has 2 aromatic carbocycles. The van der Waals surface area contributed by atoms with Gasteiger partial charge in [-0.05, 0) is 42.0 Å². The van der Waals surface area contributed by atoms with E-state index < -0.39 is 5.54 Å². The number of urea groups is 1. The Morgan fingerprint density at radius 1 is 1.00 bits per heavy atom. The van der Waals surface area contributed by atoms with Crippen molar-refractivity contribution in [2.24, 2.45) is 0 Å². The van der Waals surface area contributed by atoms with Crippen LogP contribution in [-0.2, 0) is 22.3 Å². The first-order valence-electron chi connectivity index (χ1n) is 10.7. The van der Waals surface area contributed by atoms with Gasteiger partial charge in [-0.2, -0.15) is 0 Å². The molecule has 0 bridgehead atoms. The second kappa shape index (κ2) is 8.60. The number of hydrogen-bond acceptors (Lipinski definition) is 3. The van der Waals surface area contributed by atoms with Gasteiger partial charge in [0.25, 0.3) is 5.91 Å². The number of hydrogen-bond donors (Lipinski definition) is 1. The van der Waals surface area contributed by atoms with Gasteiger partial charge in [0, 0.05) is 6.54 Å². The fraction of sp³-hybridized carbons (Fsp3) is 0.440. The lowest BCUT2D eigenvalue weighted by molar-refractivity contribution is -0.132. The minimum atomic E-state index is -1.04. The fourth-order valence-electron chi connectivity index (χ4n) is 3.88. The highest BCUT2D eigenvalue weighted by molar-refractivity contribution is 6.07. The average Bonchev–Trinajstić information content (AvgIpc) is 2.92. The maximum absolute atomic E-state index is 13.3. The van der Waals surface area contributed by atoms with Gasteiger partial charge in [-0.25, -0.2) is 9.69 Å². The van der Waals surface area contributed by atoms with E-state index in [4.69, 9.17) is 0 Å². The van der Waals surface area contributed by atoms with Crippen LogP contribution in [0.5, 0.6) is 0 Å². The zero-order valence-corrected chi connectivity index (χ0v) is 18.7. The molecule has 3 rings (SSSR count). The lowest BCUT2D eigenvalue weighted by Crippen LogP contribution is -2.44. The highest BCUT2D eigenvalue weighted by atomic mass is 16.2. The molecule has 0 spiro atoms. The molecular formula is C25H33N3O2. The number of nitrogens with zero attached hydrogens (tertiary/aromatic N) is 2. The van der Waals surface area contributed by atoms with Crippen molar-refractivity contribution in [1.82, 2.24) is 15.1 Å². The zero-order chi connectivity index (χ0) is 21.9. The Balaban J connectivity index is 1.78. The van der Waals surface area contributed by atoms with E-state index in [1.165, 1.54) is 16.0 Å². The van der Waals surface area contributed by atoms with Crippen molar-refractivity contribution in [3.05, 3.63) is 71.3 Å². The molecule has 1 aliphatic heterocycles. The van der Waals surface area contributed by atoms with Crippen LogP contribution in [0.4, 0.5) is 4.79 Å². The molecular weight excluding hydrogens is 374 g/mol. The molecule has 5 heteroatoms.